The predicted octanol–water partition coefficient (Wildman–Crippen LogP) is 2.27. The van der Waals surface area contributed by atoms with Crippen LogP contribution in [0.4, 0.5) is 4.39 Å². The Hall–Kier alpha value is -1.44. The largest absolute Gasteiger partial charge is 0.311 e. The number of likely N-dealkylation sites (tertiary alicyclic amines) is 1. The van der Waals surface area contributed by atoms with E-state index >= 15 is 0 Å². The first-order valence-electron chi connectivity index (χ1n) is 6.88. The van der Waals surface area contributed by atoms with Gasteiger partial charge < -0.3 is 5.32 Å². The summed E-state index contributed by atoms with van der Waals surface area (Å²) in [6, 6.07) is 6.99. The van der Waals surface area contributed by atoms with Crippen LogP contribution in [0.5, 0.6) is 0 Å². The molecule has 1 fully saturated rings. The zero-order valence-electron chi connectivity index (χ0n) is 11.3. The van der Waals surface area contributed by atoms with Gasteiger partial charge in [0.2, 0.25) is 0 Å². The summed E-state index contributed by atoms with van der Waals surface area (Å²) in [6.45, 7) is 5.88. The van der Waals surface area contributed by atoms with Crippen molar-refractivity contribution in [2.75, 3.05) is 19.6 Å². The molecule has 1 aliphatic heterocycles. The van der Waals surface area contributed by atoms with E-state index in [1.165, 1.54) is 31.5 Å². The van der Waals surface area contributed by atoms with Crippen LogP contribution in [-0.2, 0) is 6.54 Å². The quantitative estimate of drug-likeness (QED) is 0.883. The monoisotopic (exact) mass is 261 g/mol. The van der Waals surface area contributed by atoms with Crippen LogP contribution in [-0.4, -0.2) is 30.6 Å². The number of likely N-dealkylation sites (N-methyl/N-ethyl adjacent to an activating group) is 1. The third-order valence-corrected chi connectivity index (χ3v) is 3.79. The van der Waals surface area contributed by atoms with Crippen molar-refractivity contribution in [2.45, 2.75) is 32.4 Å². The second-order valence-electron chi connectivity index (χ2n) is 4.97. The van der Waals surface area contributed by atoms with Crippen molar-refractivity contribution in [3.8, 4) is 6.07 Å². The Balaban J connectivity index is 1.89. The van der Waals surface area contributed by atoms with Gasteiger partial charge in [-0.2, -0.15) is 5.26 Å². The van der Waals surface area contributed by atoms with Crippen molar-refractivity contribution in [1.29, 1.82) is 5.26 Å². The molecule has 0 spiro atoms. The van der Waals surface area contributed by atoms with Crippen LogP contribution in [0.25, 0.3) is 0 Å². The lowest BCUT2D eigenvalue weighted by atomic mass is 10.1. The number of rotatable bonds is 5. The molecule has 1 atom stereocenters. The molecular formula is C15H20FN3. The fraction of sp³-hybridized carbons (Fsp3) is 0.533. The number of halogens is 1. The number of benzene rings is 1. The Kier molecular flexibility index (Phi) is 4.89. The topological polar surface area (TPSA) is 39.1 Å². The van der Waals surface area contributed by atoms with Crippen molar-refractivity contribution in [2.24, 2.45) is 0 Å². The maximum absolute atomic E-state index is 13.2. The summed E-state index contributed by atoms with van der Waals surface area (Å²) in [5.41, 5.74) is 1.29. The second-order valence-corrected chi connectivity index (χ2v) is 4.97. The molecule has 1 unspecified atom stereocenters. The molecule has 0 aliphatic carbocycles. The summed E-state index contributed by atoms with van der Waals surface area (Å²) in [5, 5.41) is 12.3. The van der Waals surface area contributed by atoms with Gasteiger partial charge in [0.15, 0.2) is 0 Å². The minimum atomic E-state index is -0.285. The molecule has 1 N–H and O–H groups in total. The van der Waals surface area contributed by atoms with Crippen molar-refractivity contribution >= 4 is 0 Å². The van der Waals surface area contributed by atoms with Crippen LogP contribution < -0.4 is 5.32 Å². The Labute approximate surface area is 114 Å². The van der Waals surface area contributed by atoms with Crippen LogP contribution in [0, 0.1) is 17.1 Å². The molecule has 4 heteroatoms. The lowest BCUT2D eigenvalue weighted by Gasteiger charge is -2.23. The van der Waals surface area contributed by atoms with Crippen LogP contribution in [0.3, 0.4) is 0 Å². The molecule has 1 aliphatic rings. The fourth-order valence-electron chi connectivity index (χ4n) is 2.73. The smallest absolute Gasteiger partial charge is 0.123 e. The van der Waals surface area contributed by atoms with Crippen LogP contribution in [0.2, 0.25) is 0 Å². The number of nitriles is 1. The standard InChI is InChI=1S/C15H20FN3/c1-2-19-7-3-4-15(19)11-18-10-13-8-14(16)6-5-12(13)9-17/h5-6,8,15,18H,2-4,7,10-11H2,1H3. The average molecular weight is 261 g/mol. The van der Waals surface area contributed by atoms with E-state index in [-0.39, 0.29) is 5.82 Å². The van der Waals surface area contributed by atoms with Gasteiger partial charge >= 0.3 is 0 Å². The molecule has 102 valence electrons. The van der Waals surface area contributed by atoms with E-state index in [1.54, 1.807) is 6.07 Å². The third kappa shape index (κ3) is 3.52. The third-order valence-electron chi connectivity index (χ3n) is 3.79. The molecule has 0 radical (unpaired) electrons. The van der Waals surface area contributed by atoms with E-state index in [4.69, 9.17) is 5.26 Å². The Morgan fingerprint density at radius 3 is 3.11 bits per heavy atom. The van der Waals surface area contributed by atoms with E-state index in [0.29, 0.717) is 18.2 Å². The van der Waals surface area contributed by atoms with E-state index in [0.717, 1.165) is 18.7 Å². The second kappa shape index (κ2) is 6.65. The molecular weight excluding hydrogens is 241 g/mol. The van der Waals surface area contributed by atoms with E-state index in [9.17, 15) is 4.39 Å². The Morgan fingerprint density at radius 2 is 2.37 bits per heavy atom. The van der Waals surface area contributed by atoms with Gasteiger partial charge in [0.1, 0.15) is 5.82 Å². The van der Waals surface area contributed by atoms with E-state index in [1.807, 2.05) is 0 Å². The maximum Gasteiger partial charge on any atom is 0.123 e. The lowest BCUT2D eigenvalue weighted by molar-refractivity contribution is 0.260. The molecule has 1 aromatic carbocycles. The molecule has 2 rings (SSSR count). The highest BCUT2D eigenvalue weighted by molar-refractivity contribution is 5.37. The van der Waals surface area contributed by atoms with Gasteiger partial charge in [0, 0.05) is 19.1 Å². The summed E-state index contributed by atoms with van der Waals surface area (Å²) in [5.74, 6) is -0.285. The molecule has 0 saturated carbocycles. The molecule has 3 nitrogen and oxygen atoms in total. The fourth-order valence-corrected chi connectivity index (χ4v) is 2.73. The van der Waals surface area contributed by atoms with Gasteiger partial charge in [-0.25, -0.2) is 4.39 Å². The van der Waals surface area contributed by atoms with E-state index in [2.05, 4.69) is 23.2 Å². The molecule has 1 aromatic rings. The summed E-state index contributed by atoms with van der Waals surface area (Å²) >= 11 is 0. The van der Waals surface area contributed by atoms with E-state index < -0.39 is 0 Å². The molecule has 0 bridgehead atoms. The van der Waals surface area contributed by atoms with Crippen molar-refractivity contribution < 1.29 is 4.39 Å². The number of nitrogens with one attached hydrogen (secondary N) is 1. The lowest BCUT2D eigenvalue weighted by Crippen LogP contribution is -2.37. The summed E-state index contributed by atoms with van der Waals surface area (Å²) in [6.07, 6.45) is 2.47. The van der Waals surface area contributed by atoms with Crippen LogP contribution >= 0.6 is 0 Å². The van der Waals surface area contributed by atoms with Gasteiger partial charge in [-0.15, -0.1) is 0 Å². The van der Waals surface area contributed by atoms with Crippen molar-refractivity contribution in [3.63, 3.8) is 0 Å². The maximum atomic E-state index is 13.2. The average Bonchev–Trinajstić information content (AvgIpc) is 2.86. The van der Waals surface area contributed by atoms with Gasteiger partial charge in [-0.05, 0) is 49.7 Å². The highest BCUT2D eigenvalue weighted by Gasteiger charge is 2.22. The highest BCUT2D eigenvalue weighted by Crippen LogP contribution is 2.16. The van der Waals surface area contributed by atoms with Gasteiger partial charge in [0.05, 0.1) is 11.6 Å². The molecule has 1 saturated heterocycles. The molecule has 0 aromatic heterocycles. The molecule has 0 amide bonds. The van der Waals surface area contributed by atoms with Crippen molar-refractivity contribution in [1.82, 2.24) is 10.2 Å². The van der Waals surface area contributed by atoms with Crippen LogP contribution in [0.1, 0.15) is 30.9 Å². The molecule has 1 heterocycles. The first kappa shape index (κ1) is 14.0. The molecule has 19 heavy (non-hydrogen) atoms. The van der Waals surface area contributed by atoms with Gasteiger partial charge in [0.25, 0.3) is 0 Å². The summed E-state index contributed by atoms with van der Waals surface area (Å²) in [4.78, 5) is 2.46. The number of nitrogens with zero attached hydrogens (tertiary/aromatic N) is 2. The SMILES string of the molecule is CCN1CCCC1CNCc1cc(F)ccc1C#N. The zero-order chi connectivity index (χ0) is 13.7. The van der Waals surface area contributed by atoms with Crippen molar-refractivity contribution in [3.05, 3.63) is 35.1 Å². The summed E-state index contributed by atoms with van der Waals surface area (Å²) < 4.78 is 13.2. The summed E-state index contributed by atoms with van der Waals surface area (Å²) in [7, 11) is 0. The zero-order valence-corrected chi connectivity index (χ0v) is 11.3. The first-order valence-corrected chi connectivity index (χ1v) is 6.88. The van der Waals surface area contributed by atoms with Gasteiger partial charge in [-0.3, -0.25) is 4.90 Å². The minimum absolute atomic E-state index is 0.285. The van der Waals surface area contributed by atoms with Gasteiger partial charge in [-0.1, -0.05) is 6.92 Å². The predicted molar refractivity (Wildman–Crippen MR) is 73.1 cm³/mol. The Morgan fingerprint density at radius 1 is 1.53 bits per heavy atom. The number of hydrogen-bond acceptors (Lipinski definition) is 3. The highest BCUT2D eigenvalue weighted by atomic mass is 19.1. The Bertz CT molecular complexity index is 467. The number of hydrogen-bond donors (Lipinski definition) is 1. The first-order chi connectivity index (χ1) is 9.24. The normalized spacial score (nSPS) is 19.5. The minimum Gasteiger partial charge on any atom is -0.311 e. The van der Waals surface area contributed by atoms with Crippen LogP contribution in [0.15, 0.2) is 18.2 Å².